The number of allylic oxidation sites excluding steroid dienone is 2. The van der Waals surface area contributed by atoms with Crippen LogP contribution in [0.15, 0.2) is 66.2 Å². The van der Waals surface area contributed by atoms with Crippen molar-refractivity contribution in [3.05, 3.63) is 77.3 Å². The van der Waals surface area contributed by atoms with Gasteiger partial charge in [0.25, 0.3) is 0 Å². The van der Waals surface area contributed by atoms with Gasteiger partial charge >= 0.3 is 0 Å². The molecule has 2 aromatic heterocycles. The van der Waals surface area contributed by atoms with E-state index < -0.39 is 5.92 Å². The maximum Gasteiger partial charge on any atom is 0.228 e. The molecule has 0 radical (unpaired) electrons. The summed E-state index contributed by atoms with van der Waals surface area (Å²) in [6, 6.07) is 15.0. The van der Waals surface area contributed by atoms with Crippen molar-refractivity contribution in [3.8, 4) is 23.0 Å². The van der Waals surface area contributed by atoms with Crippen molar-refractivity contribution < 1.29 is 14.3 Å². The molecule has 3 heterocycles. The lowest BCUT2D eigenvalue weighted by Gasteiger charge is -2.28. The highest BCUT2D eigenvalue weighted by Gasteiger charge is 2.36. The van der Waals surface area contributed by atoms with Gasteiger partial charge in [0.1, 0.15) is 17.8 Å². The van der Waals surface area contributed by atoms with E-state index in [-0.39, 0.29) is 5.78 Å². The van der Waals surface area contributed by atoms with Crippen molar-refractivity contribution in [1.82, 2.24) is 19.6 Å². The molecule has 4 aromatic rings. The Labute approximate surface area is 184 Å². The van der Waals surface area contributed by atoms with Gasteiger partial charge in [-0.3, -0.25) is 4.79 Å². The van der Waals surface area contributed by atoms with E-state index in [2.05, 4.69) is 10.1 Å². The maximum atomic E-state index is 12.7. The number of fused-ring (bicyclic) bond motifs is 3. The molecule has 8 nitrogen and oxygen atoms in total. The molecular formula is C24H21N5O3. The topological polar surface area (TPSA) is 105 Å². The van der Waals surface area contributed by atoms with E-state index in [4.69, 9.17) is 20.2 Å². The van der Waals surface area contributed by atoms with E-state index in [0.29, 0.717) is 39.9 Å². The third-order valence-corrected chi connectivity index (χ3v) is 5.62. The number of rotatable bonds is 4. The molecule has 0 amide bonds. The molecule has 2 aromatic carbocycles. The van der Waals surface area contributed by atoms with Gasteiger partial charge in [-0.2, -0.15) is 0 Å². The normalized spacial score (nSPS) is 15.4. The van der Waals surface area contributed by atoms with Crippen LogP contribution in [0.25, 0.3) is 17.0 Å². The van der Waals surface area contributed by atoms with E-state index >= 15 is 0 Å². The standard InChI is InChI=1S/C24H21N5O3/c1-13(30)19-14(2)32-24-21(20(19)15-8-10-16(31-3)11-9-15)23-27-22(28-29(23)12-26-24)17-6-4-5-7-18(17)25/h4-12,20H,25H2,1-3H3. The zero-order chi connectivity index (χ0) is 22.4. The number of Topliss-reactive ketones (excluding diaryl/α,β-unsaturated/α-hetero) is 1. The number of nitrogens with two attached hydrogens (primary N) is 1. The van der Waals surface area contributed by atoms with Crippen molar-refractivity contribution in [2.75, 3.05) is 12.8 Å². The summed E-state index contributed by atoms with van der Waals surface area (Å²) in [4.78, 5) is 21.9. The number of nitrogens with zero attached hydrogens (tertiary/aromatic N) is 4. The third kappa shape index (κ3) is 3.08. The summed E-state index contributed by atoms with van der Waals surface area (Å²) in [5, 5.41) is 4.58. The first kappa shape index (κ1) is 19.7. The molecule has 0 spiro atoms. The lowest BCUT2D eigenvalue weighted by molar-refractivity contribution is -0.114. The van der Waals surface area contributed by atoms with Gasteiger partial charge < -0.3 is 15.2 Å². The Balaban J connectivity index is 1.77. The molecule has 1 atom stereocenters. The molecule has 1 aliphatic heterocycles. The highest BCUT2D eigenvalue weighted by atomic mass is 16.5. The number of anilines is 1. The first-order valence-electron chi connectivity index (χ1n) is 10.1. The molecule has 32 heavy (non-hydrogen) atoms. The van der Waals surface area contributed by atoms with Gasteiger partial charge in [-0.15, -0.1) is 5.10 Å². The second kappa shape index (κ2) is 7.49. The van der Waals surface area contributed by atoms with Crippen molar-refractivity contribution >= 4 is 17.1 Å². The summed E-state index contributed by atoms with van der Waals surface area (Å²) in [5.74, 6) is 1.64. The summed E-state index contributed by atoms with van der Waals surface area (Å²) in [7, 11) is 1.62. The Kier molecular flexibility index (Phi) is 4.62. The Hall–Kier alpha value is -4.20. The number of benzene rings is 2. The van der Waals surface area contributed by atoms with Crippen LogP contribution in [0.1, 0.15) is 30.9 Å². The number of hydrogen-bond donors (Lipinski definition) is 1. The molecule has 0 bridgehead atoms. The molecule has 5 rings (SSSR count). The number of hydrogen-bond acceptors (Lipinski definition) is 7. The zero-order valence-corrected chi connectivity index (χ0v) is 17.9. The largest absolute Gasteiger partial charge is 0.497 e. The SMILES string of the molecule is COc1ccc(C2C(C(C)=O)=C(C)Oc3ncn4nc(-c5ccccc5N)nc4c32)cc1. The molecule has 160 valence electrons. The lowest BCUT2D eigenvalue weighted by Crippen LogP contribution is -2.22. The Morgan fingerprint density at radius 1 is 1.16 bits per heavy atom. The predicted octanol–water partition coefficient (Wildman–Crippen LogP) is 3.77. The van der Waals surface area contributed by atoms with Crippen molar-refractivity contribution in [1.29, 1.82) is 0 Å². The van der Waals surface area contributed by atoms with Gasteiger partial charge in [0.2, 0.25) is 5.88 Å². The highest BCUT2D eigenvalue weighted by molar-refractivity contribution is 5.97. The van der Waals surface area contributed by atoms with Gasteiger partial charge in [0.15, 0.2) is 17.3 Å². The fourth-order valence-corrected chi connectivity index (χ4v) is 4.14. The van der Waals surface area contributed by atoms with E-state index in [1.54, 1.807) is 30.9 Å². The van der Waals surface area contributed by atoms with E-state index in [1.807, 2.05) is 42.5 Å². The van der Waals surface area contributed by atoms with Crippen LogP contribution < -0.4 is 15.2 Å². The van der Waals surface area contributed by atoms with Gasteiger partial charge in [0.05, 0.1) is 12.7 Å². The minimum atomic E-state index is -0.413. The van der Waals surface area contributed by atoms with Gasteiger partial charge in [0, 0.05) is 22.7 Å². The average Bonchev–Trinajstić information content (AvgIpc) is 3.22. The number of ketones is 1. The quantitative estimate of drug-likeness (QED) is 0.494. The van der Waals surface area contributed by atoms with Crippen LogP contribution in [0.2, 0.25) is 0 Å². The maximum absolute atomic E-state index is 12.7. The van der Waals surface area contributed by atoms with E-state index in [9.17, 15) is 4.79 Å². The molecule has 1 unspecified atom stereocenters. The molecule has 0 fully saturated rings. The predicted molar refractivity (Wildman–Crippen MR) is 119 cm³/mol. The first-order chi connectivity index (χ1) is 15.5. The van der Waals surface area contributed by atoms with Crippen molar-refractivity contribution in [2.45, 2.75) is 19.8 Å². The van der Waals surface area contributed by atoms with Crippen molar-refractivity contribution in [2.24, 2.45) is 0 Å². The molecule has 0 saturated carbocycles. The molecular weight excluding hydrogens is 406 g/mol. The van der Waals surface area contributed by atoms with E-state index in [1.165, 1.54) is 6.92 Å². The van der Waals surface area contributed by atoms with Crippen LogP contribution in [0.5, 0.6) is 11.6 Å². The monoisotopic (exact) mass is 427 g/mol. The van der Waals surface area contributed by atoms with E-state index in [0.717, 1.165) is 16.9 Å². The summed E-state index contributed by atoms with van der Waals surface area (Å²) in [5.41, 5.74) is 10.1. The van der Waals surface area contributed by atoms with Gasteiger partial charge in [-0.25, -0.2) is 14.5 Å². The smallest absolute Gasteiger partial charge is 0.228 e. The van der Waals surface area contributed by atoms with Gasteiger partial charge in [-0.05, 0) is 43.7 Å². The Bertz CT molecular complexity index is 1390. The fraction of sp³-hybridized carbons (Fsp3) is 0.167. The number of carbonyl (C=O) groups is 1. The minimum Gasteiger partial charge on any atom is -0.497 e. The second-order valence-corrected chi connectivity index (χ2v) is 7.59. The molecule has 0 aliphatic carbocycles. The highest BCUT2D eigenvalue weighted by Crippen LogP contribution is 2.44. The number of methoxy groups -OCH3 is 1. The lowest BCUT2D eigenvalue weighted by atomic mass is 9.82. The summed E-state index contributed by atoms with van der Waals surface area (Å²) >= 11 is 0. The number of ether oxygens (including phenoxy) is 2. The third-order valence-electron chi connectivity index (χ3n) is 5.62. The second-order valence-electron chi connectivity index (χ2n) is 7.59. The number of aromatic nitrogens is 4. The molecule has 1 aliphatic rings. The average molecular weight is 427 g/mol. The minimum absolute atomic E-state index is 0.0805. The molecule has 0 saturated heterocycles. The Morgan fingerprint density at radius 3 is 2.59 bits per heavy atom. The summed E-state index contributed by atoms with van der Waals surface area (Å²) in [6.45, 7) is 3.32. The number of para-hydroxylation sites is 1. The van der Waals surface area contributed by atoms with Crippen LogP contribution in [-0.4, -0.2) is 32.5 Å². The summed E-state index contributed by atoms with van der Waals surface area (Å²) < 4.78 is 12.9. The molecule has 8 heteroatoms. The van der Waals surface area contributed by atoms with Gasteiger partial charge in [-0.1, -0.05) is 24.3 Å². The van der Waals surface area contributed by atoms with Crippen LogP contribution >= 0.6 is 0 Å². The number of carbonyl (C=O) groups excluding carboxylic acids is 1. The van der Waals surface area contributed by atoms with Crippen LogP contribution in [0.3, 0.4) is 0 Å². The van der Waals surface area contributed by atoms with Crippen LogP contribution in [0, 0.1) is 0 Å². The first-order valence-corrected chi connectivity index (χ1v) is 10.1. The molecule has 2 N–H and O–H groups in total. The van der Waals surface area contributed by atoms with Crippen LogP contribution in [-0.2, 0) is 4.79 Å². The van der Waals surface area contributed by atoms with Crippen molar-refractivity contribution in [3.63, 3.8) is 0 Å². The Morgan fingerprint density at radius 2 is 1.91 bits per heavy atom. The number of nitrogen functional groups attached to an aromatic ring is 1. The van der Waals surface area contributed by atoms with Crippen LogP contribution in [0.4, 0.5) is 5.69 Å². The fourth-order valence-electron chi connectivity index (χ4n) is 4.14. The summed E-state index contributed by atoms with van der Waals surface area (Å²) in [6.07, 6.45) is 1.56. The zero-order valence-electron chi connectivity index (χ0n) is 17.9.